The number of nitrogens with zero attached hydrogens (tertiary/aromatic N) is 2. The monoisotopic (exact) mass is 256 g/mol. The van der Waals surface area contributed by atoms with Gasteiger partial charge in [0.15, 0.2) is 0 Å². The summed E-state index contributed by atoms with van der Waals surface area (Å²) in [7, 11) is 2.19. The van der Waals surface area contributed by atoms with Gasteiger partial charge in [0.25, 0.3) is 0 Å². The van der Waals surface area contributed by atoms with Crippen molar-refractivity contribution in [2.45, 2.75) is 6.42 Å². The molecule has 0 aliphatic carbocycles. The molecule has 2 heterocycles. The van der Waals surface area contributed by atoms with Crippen LogP contribution in [0.5, 0.6) is 5.75 Å². The van der Waals surface area contributed by atoms with Crippen LogP contribution in [0.4, 0.5) is 0 Å². The molecule has 0 bridgehead atoms. The van der Waals surface area contributed by atoms with E-state index in [-0.39, 0.29) is 5.75 Å². The van der Waals surface area contributed by atoms with Crippen LogP contribution in [0, 0.1) is 17.3 Å². The van der Waals surface area contributed by atoms with E-state index >= 15 is 0 Å². The quantitative estimate of drug-likeness (QED) is 0.769. The molecule has 0 saturated carbocycles. The molecule has 2 aliphatic rings. The third-order valence-corrected chi connectivity index (χ3v) is 4.16. The summed E-state index contributed by atoms with van der Waals surface area (Å²) >= 11 is 0. The van der Waals surface area contributed by atoms with Gasteiger partial charge in [-0.1, -0.05) is 24.0 Å². The van der Waals surface area contributed by atoms with Crippen LogP contribution in [0.1, 0.15) is 12.0 Å². The summed E-state index contributed by atoms with van der Waals surface area (Å²) < 4.78 is 0. The lowest BCUT2D eigenvalue weighted by Crippen LogP contribution is -2.55. The Morgan fingerprint density at radius 3 is 2.79 bits per heavy atom. The molecule has 1 spiro atoms. The SMILES string of the molecule is CN1CC2(CCN(CC#Cc3ccccc3O)C2)C1. The van der Waals surface area contributed by atoms with Crippen molar-refractivity contribution in [2.24, 2.45) is 5.41 Å². The second-order valence-corrected chi connectivity index (χ2v) is 5.95. The second-order valence-electron chi connectivity index (χ2n) is 5.95. The third kappa shape index (κ3) is 2.60. The predicted molar refractivity (Wildman–Crippen MR) is 76.0 cm³/mol. The van der Waals surface area contributed by atoms with Crippen LogP contribution in [-0.2, 0) is 0 Å². The molecular formula is C16H20N2O. The maximum Gasteiger partial charge on any atom is 0.131 e. The highest BCUT2D eigenvalue weighted by molar-refractivity contribution is 5.44. The maximum absolute atomic E-state index is 9.64. The van der Waals surface area contributed by atoms with Gasteiger partial charge in [-0.05, 0) is 32.1 Å². The topological polar surface area (TPSA) is 26.7 Å². The smallest absolute Gasteiger partial charge is 0.131 e. The summed E-state index contributed by atoms with van der Waals surface area (Å²) in [5.41, 5.74) is 1.27. The lowest BCUT2D eigenvalue weighted by Gasteiger charge is -2.46. The summed E-state index contributed by atoms with van der Waals surface area (Å²) in [6.07, 6.45) is 1.30. The van der Waals surface area contributed by atoms with Crippen LogP contribution in [0.25, 0.3) is 0 Å². The molecule has 3 nitrogen and oxygen atoms in total. The van der Waals surface area contributed by atoms with Gasteiger partial charge in [0.05, 0.1) is 12.1 Å². The van der Waals surface area contributed by atoms with Crippen molar-refractivity contribution in [3.8, 4) is 17.6 Å². The van der Waals surface area contributed by atoms with E-state index in [1.54, 1.807) is 6.07 Å². The number of aromatic hydroxyl groups is 1. The van der Waals surface area contributed by atoms with Crippen LogP contribution >= 0.6 is 0 Å². The molecule has 2 saturated heterocycles. The zero-order valence-electron chi connectivity index (χ0n) is 11.4. The molecule has 19 heavy (non-hydrogen) atoms. The standard InChI is InChI=1S/C16H20N2O/c1-17-11-16(12-17)8-10-18(13-16)9-4-6-14-5-2-3-7-15(14)19/h2-3,5,7,19H,8-13H2,1H3. The highest BCUT2D eigenvalue weighted by Crippen LogP contribution is 2.38. The summed E-state index contributed by atoms with van der Waals surface area (Å²) in [5, 5.41) is 9.64. The maximum atomic E-state index is 9.64. The summed E-state index contributed by atoms with van der Waals surface area (Å²) in [6.45, 7) is 5.60. The third-order valence-electron chi connectivity index (χ3n) is 4.16. The molecule has 3 rings (SSSR count). The number of para-hydroxylation sites is 1. The number of likely N-dealkylation sites (tertiary alicyclic amines) is 2. The largest absolute Gasteiger partial charge is 0.507 e. The Balaban J connectivity index is 1.56. The molecule has 2 aliphatic heterocycles. The van der Waals surface area contributed by atoms with Gasteiger partial charge in [-0.3, -0.25) is 4.90 Å². The molecule has 3 heteroatoms. The zero-order valence-corrected chi connectivity index (χ0v) is 11.4. The average molecular weight is 256 g/mol. The van der Waals surface area contributed by atoms with Crippen LogP contribution in [-0.4, -0.2) is 54.7 Å². The van der Waals surface area contributed by atoms with Crippen molar-refractivity contribution in [3.05, 3.63) is 29.8 Å². The summed E-state index contributed by atoms with van der Waals surface area (Å²) in [4.78, 5) is 4.82. The highest BCUT2D eigenvalue weighted by Gasteiger charge is 2.45. The van der Waals surface area contributed by atoms with E-state index in [1.165, 1.54) is 26.1 Å². The van der Waals surface area contributed by atoms with E-state index in [0.717, 1.165) is 18.7 Å². The van der Waals surface area contributed by atoms with E-state index < -0.39 is 0 Å². The van der Waals surface area contributed by atoms with Gasteiger partial charge < -0.3 is 10.0 Å². The Morgan fingerprint density at radius 1 is 1.26 bits per heavy atom. The number of rotatable bonds is 1. The number of benzene rings is 1. The zero-order chi connectivity index (χ0) is 13.3. The van der Waals surface area contributed by atoms with Gasteiger partial charge in [-0.15, -0.1) is 0 Å². The number of phenolic OH excluding ortho intramolecular Hbond substituents is 1. The highest BCUT2D eigenvalue weighted by atomic mass is 16.3. The van der Waals surface area contributed by atoms with Crippen molar-refractivity contribution in [1.29, 1.82) is 0 Å². The van der Waals surface area contributed by atoms with Crippen LogP contribution in [0.2, 0.25) is 0 Å². The van der Waals surface area contributed by atoms with E-state index in [2.05, 4.69) is 28.7 Å². The Hall–Kier alpha value is -1.50. The number of hydrogen-bond acceptors (Lipinski definition) is 3. The number of hydrogen-bond donors (Lipinski definition) is 1. The Morgan fingerprint density at radius 2 is 2.05 bits per heavy atom. The minimum absolute atomic E-state index is 0.272. The van der Waals surface area contributed by atoms with Gasteiger partial charge >= 0.3 is 0 Å². The Bertz CT molecular complexity index is 523. The average Bonchev–Trinajstić information content (AvgIpc) is 2.76. The lowest BCUT2D eigenvalue weighted by molar-refractivity contribution is 0.0319. The summed E-state index contributed by atoms with van der Waals surface area (Å²) in [6, 6.07) is 7.25. The van der Waals surface area contributed by atoms with Crippen molar-refractivity contribution in [2.75, 3.05) is 39.8 Å². The molecule has 1 N–H and O–H groups in total. The van der Waals surface area contributed by atoms with Crippen LogP contribution < -0.4 is 0 Å². The fraction of sp³-hybridized carbons (Fsp3) is 0.500. The van der Waals surface area contributed by atoms with Gasteiger partial charge in [-0.2, -0.15) is 0 Å². The first-order chi connectivity index (χ1) is 9.17. The van der Waals surface area contributed by atoms with Crippen molar-refractivity contribution < 1.29 is 5.11 Å². The molecule has 2 fully saturated rings. The van der Waals surface area contributed by atoms with E-state index in [9.17, 15) is 5.11 Å². The molecule has 0 unspecified atom stereocenters. The molecule has 0 atom stereocenters. The Labute approximate surface area is 114 Å². The van der Waals surface area contributed by atoms with E-state index in [0.29, 0.717) is 5.41 Å². The van der Waals surface area contributed by atoms with Crippen LogP contribution in [0.15, 0.2) is 24.3 Å². The molecule has 1 aromatic carbocycles. The van der Waals surface area contributed by atoms with Crippen molar-refractivity contribution >= 4 is 0 Å². The normalized spacial score (nSPS) is 21.9. The molecule has 1 aromatic rings. The minimum atomic E-state index is 0.272. The predicted octanol–water partition coefficient (Wildman–Crippen LogP) is 1.38. The van der Waals surface area contributed by atoms with E-state index in [4.69, 9.17) is 0 Å². The molecular weight excluding hydrogens is 236 g/mol. The minimum Gasteiger partial charge on any atom is -0.507 e. The first kappa shape index (κ1) is 12.5. The molecule has 0 amide bonds. The van der Waals surface area contributed by atoms with Crippen molar-refractivity contribution in [1.82, 2.24) is 9.80 Å². The molecule has 100 valence electrons. The Kier molecular flexibility index (Phi) is 3.22. The molecule has 0 aromatic heterocycles. The van der Waals surface area contributed by atoms with E-state index in [1.807, 2.05) is 18.2 Å². The van der Waals surface area contributed by atoms with Gasteiger partial charge in [0.2, 0.25) is 0 Å². The first-order valence-corrected chi connectivity index (χ1v) is 6.85. The van der Waals surface area contributed by atoms with Crippen LogP contribution in [0.3, 0.4) is 0 Å². The molecule has 0 radical (unpaired) electrons. The van der Waals surface area contributed by atoms with Gasteiger partial charge in [0, 0.05) is 25.0 Å². The van der Waals surface area contributed by atoms with Crippen molar-refractivity contribution in [3.63, 3.8) is 0 Å². The van der Waals surface area contributed by atoms with Gasteiger partial charge in [0.1, 0.15) is 5.75 Å². The number of phenols is 1. The first-order valence-electron chi connectivity index (χ1n) is 6.85. The van der Waals surface area contributed by atoms with Gasteiger partial charge in [-0.25, -0.2) is 0 Å². The second kappa shape index (κ2) is 4.88. The fourth-order valence-electron chi connectivity index (χ4n) is 3.35. The lowest BCUT2D eigenvalue weighted by atomic mass is 9.79. The fourth-order valence-corrected chi connectivity index (χ4v) is 3.35. The summed E-state index contributed by atoms with van der Waals surface area (Å²) in [5.74, 6) is 6.52.